The molecular weight excluding hydrogens is 292 g/mol. The fourth-order valence-electron chi connectivity index (χ4n) is 2.25. The Morgan fingerprint density at radius 1 is 1.32 bits per heavy atom. The number of Topliss-reactive ketones (excluding diaryl/α,β-unsaturated/α-hetero) is 1. The first-order valence-corrected chi connectivity index (χ1v) is 11.7. The van der Waals surface area contributed by atoms with Gasteiger partial charge < -0.3 is 4.74 Å². The van der Waals surface area contributed by atoms with Crippen LogP contribution in [0.2, 0.25) is 25.7 Å². The number of ketones is 1. The molecule has 0 aliphatic heterocycles. The highest BCUT2D eigenvalue weighted by Crippen LogP contribution is 2.18. The van der Waals surface area contributed by atoms with E-state index in [9.17, 15) is 4.79 Å². The predicted octanol–water partition coefficient (Wildman–Crippen LogP) is 4.33. The molecule has 0 aliphatic carbocycles. The topological polar surface area (TPSA) is 44.1 Å². The van der Waals surface area contributed by atoms with Crippen molar-refractivity contribution in [1.29, 1.82) is 0 Å². The van der Waals surface area contributed by atoms with Crippen molar-refractivity contribution >= 4 is 24.8 Å². The molecule has 0 amide bonds. The lowest BCUT2D eigenvalue weighted by Gasteiger charge is -2.15. The lowest BCUT2D eigenvalue weighted by molar-refractivity contribution is 0.0816. The largest absolute Gasteiger partial charge is 0.360 e. The number of ether oxygens (including phenoxy) is 1. The Kier molecular flexibility index (Phi) is 5.53. The third-order valence-electron chi connectivity index (χ3n) is 3.65. The van der Waals surface area contributed by atoms with E-state index < -0.39 is 8.07 Å². The first-order chi connectivity index (χ1) is 10.4. The van der Waals surface area contributed by atoms with Crippen LogP contribution in [0.15, 0.2) is 24.4 Å². The maximum atomic E-state index is 12.0. The van der Waals surface area contributed by atoms with Gasteiger partial charge in [0.1, 0.15) is 6.73 Å². The van der Waals surface area contributed by atoms with Crippen LogP contribution in [0, 0.1) is 0 Å². The van der Waals surface area contributed by atoms with Crippen LogP contribution in [0.4, 0.5) is 0 Å². The number of rotatable bonds is 8. The monoisotopic (exact) mass is 318 g/mol. The molecule has 1 aromatic carbocycles. The number of hydrogen-bond donors (Lipinski definition) is 0. The molecule has 1 aromatic heterocycles. The molecular formula is C17H26N2O2Si. The predicted molar refractivity (Wildman–Crippen MR) is 93.1 cm³/mol. The summed E-state index contributed by atoms with van der Waals surface area (Å²) in [7, 11) is -1.07. The van der Waals surface area contributed by atoms with E-state index in [0.29, 0.717) is 13.2 Å². The van der Waals surface area contributed by atoms with E-state index in [4.69, 9.17) is 4.74 Å². The van der Waals surface area contributed by atoms with E-state index in [-0.39, 0.29) is 5.78 Å². The maximum Gasteiger partial charge on any atom is 0.162 e. The van der Waals surface area contributed by atoms with Gasteiger partial charge in [0, 0.05) is 32.1 Å². The Balaban J connectivity index is 2.07. The van der Waals surface area contributed by atoms with Gasteiger partial charge in [-0.1, -0.05) is 38.7 Å². The van der Waals surface area contributed by atoms with Crippen LogP contribution < -0.4 is 0 Å². The third kappa shape index (κ3) is 4.51. The summed E-state index contributed by atoms with van der Waals surface area (Å²) in [6, 6.07) is 6.93. The Morgan fingerprint density at radius 3 is 2.77 bits per heavy atom. The van der Waals surface area contributed by atoms with Crippen LogP contribution in [-0.2, 0) is 11.5 Å². The molecule has 0 saturated heterocycles. The molecule has 0 unspecified atom stereocenters. The molecule has 0 N–H and O–H groups in total. The summed E-state index contributed by atoms with van der Waals surface area (Å²) < 4.78 is 7.60. The lowest BCUT2D eigenvalue weighted by atomic mass is 10.1. The molecule has 2 rings (SSSR count). The standard InChI is InChI=1S/C17H26N2O2Si/c1-5-6-17(20)14-7-8-15-12-18-19(16(15)11-14)13-21-9-10-22(2,3)4/h7-8,11-12H,5-6,9-10,13H2,1-4H3. The highest BCUT2D eigenvalue weighted by Gasteiger charge is 2.13. The highest BCUT2D eigenvalue weighted by atomic mass is 28.3. The molecule has 120 valence electrons. The molecule has 0 aliphatic rings. The Bertz CT molecular complexity index is 644. The smallest absolute Gasteiger partial charge is 0.162 e. The summed E-state index contributed by atoms with van der Waals surface area (Å²) in [5.41, 5.74) is 1.73. The van der Waals surface area contributed by atoms with E-state index in [1.807, 2.05) is 36.0 Å². The molecule has 4 nitrogen and oxygen atoms in total. The van der Waals surface area contributed by atoms with Gasteiger partial charge in [0.15, 0.2) is 5.78 Å². The fourth-order valence-corrected chi connectivity index (χ4v) is 3.00. The lowest BCUT2D eigenvalue weighted by Crippen LogP contribution is -2.22. The van der Waals surface area contributed by atoms with E-state index in [2.05, 4.69) is 24.7 Å². The first kappa shape index (κ1) is 16.9. The average Bonchev–Trinajstić information content (AvgIpc) is 2.85. The Labute approximate surface area is 133 Å². The highest BCUT2D eigenvalue weighted by molar-refractivity contribution is 6.76. The van der Waals surface area contributed by atoms with Crippen molar-refractivity contribution in [1.82, 2.24) is 9.78 Å². The van der Waals surface area contributed by atoms with Gasteiger partial charge >= 0.3 is 0 Å². The molecule has 0 bridgehead atoms. The van der Waals surface area contributed by atoms with Gasteiger partial charge in [-0.15, -0.1) is 0 Å². The molecule has 0 fully saturated rings. The molecule has 0 atom stereocenters. The van der Waals surface area contributed by atoms with Gasteiger partial charge in [0.2, 0.25) is 0 Å². The zero-order valence-corrected chi connectivity index (χ0v) is 15.1. The zero-order valence-electron chi connectivity index (χ0n) is 14.1. The number of benzene rings is 1. The van der Waals surface area contributed by atoms with Crippen molar-refractivity contribution in [3.8, 4) is 0 Å². The second-order valence-electron chi connectivity index (χ2n) is 6.94. The van der Waals surface area contributed by atoms with Gasteiger partial charge in [-0.3, -0.25) is 4.79 Å². The second kappa shape index (κ2) is 7.20. The second-order valence-corrected chi connectivity index (χ2v) is 12.6. The van der Waals surface area contributed by atoms with Gasteiger partial charge in [-0.2, -0.15) is 5.10 Å². The molecule has 0 radical (unpaired) electrons. The minimum atomic E-state index is -1.07. The molecule has 0 spiro atoms. The van der Waals surface area contributed by atoms with Crippen LogP contribution in [-0.4, -0.2) is 30.2 Å². The third-order valence-corrected chi connectivity index (χ3v) is 5.36. The number of aromatic nitrogens is 2. The molecule has 1 heterocycles. The normalized spacial score (nSPS) is 12.0. The van der Waals surface area contributed by atoms with Crippen molar-refractivity contribution in [3.63, 3.8) is 0 Å². The summed E-state index contributed by atoms with van der Waals surface area (Å²) in [4.78, 5) is 12.0. The van der Waals surface area contributed by atoms with Crippen molar-refractivity contribution in [2.45, 2.75) is 52.2 Å². The van der Waals surface area contributed by atoms with E-state index in [1.165, 1.54) is 0 Å². The number of hydrogen-bond acceptors (Lipinski definition) is 3. The van der Waals surface area contributed by atoms with Crippen LogP contribution in [0.5, 0.6) is 0 Å². The maximum absolute atomic E-state index is 12.0. The van der Waals surface area contributed by atoms with Crippen LogP contribution in [0.3, 0.4) is 0 Å². The summed E-state index contributed by atoms with van der Waals surface area (Å²) in [6.07, 6.45) is 3.29. The number of nitrogens with zero attached hydrogens (tertiary/aromatic N) is 2. The summed E-state index contributed by atoms with van der Waals surface area (Å²) in [5.74, 6) is 0.191. The van der Waals surface area contributed by atoms with E-state index >= 15 is 0 Å². The van der Waals surface area contributed by atoms with E-state index in [0.717, 1.165) is 35.5 Å². The van der Waals surface area contributed by atoms with Crippen LogP contribution >= 0.6 is 0 Å². The Hall–Kier alpha value is -1.46. The number of carbonyl (C=O) groups is 1. The summed E-state index contributed by atoms with van der Waals surface area (Å²) in [6.45, 7) is 10.2. The molecule has 0 saturated carbocycles. The van der Waals surface area contributed by atoms with Gasteiger partial charge in [-0.25, -0.2) is 4.68 Å². The summed E-state index contributed by atoms with van der Waals surface area (Å²) in [5, 5.41) is 5.41. The first-order valence-electron chi connectivity index (χ1n) is 7.97. The zero-order chi connectivity index (χ0) is 16.2. The van der Waals surface area contributed by atoms with Crippen molar-refractivity contribution in [2.24, 2.45) is 0 Å². The Morgan fingerprint density at radius 2 is 2.09 bits per heavy atom. The van der Waals surface area contributed by atoms with Crippen molar-refractivity contribution < 1.29 is 9.53 Å². The summed E-state index contributed by atoms with van der Waals surface area (Å²) >= 11 is 0. The molecule has 2 aromatic rings. The van der Waals surface area contributed by atoms with Crippen molar-refractivity contribution in [3.05, 3.63) is 30.0 Å². The van der Waals surface area contributed by atoms with Gasteiger partial charge in [0.05, 0.1) is 11.7 Å². The van der Waals surface area contributed by atoms with Crippen molar-refractivity contribution in [2.75, 3.05) is 6.61 Å². The minimum Gasteiger partial charge on any atom is -0.360 e. The quantitative estimate of drug-likeness (QED) is 0.413. The number of fused-ring (bicyclic) bond motifs is 1. The van der Waals surface area contributed by atoms with Gasteiger partial charge in [0.25, 0.3) is 0 Å². The van der Waals surface area contributed by atoms with Crippen LogP contribution in [0.25, 0.3) is 10.9 Å². The minimum absolute atomic E-state index is 0.191. The van der Waals surface area contributed by atoms with E-state index in [1.54, 1.807) is 0 Å². The van der Waals surface area contributed by atoms with Crippen LogP contribution in [0.1, 0.15) is 30.1 Å². The number of carbonyl (C=O) groups excluding carboxylic acids is 1. The molecule has 22 heavy (non-hydrogen) atoms. The van der Waals surface area contributed by atoms with Gasteiger partial charge in [-0.05, 0) is 18.5 Å². The fraction of sp³-hybridized carbons (Fsp3) is 0.529. The average molecular weight is 318 g/mol. The SMILES string of the molecule is CCCC(=O)c1ccc2cnn(COCC[Si](C)(C)C)c2c1. The molecule has 5 heteroatoms.